The van der Waals surface area contributed by atoms with Gasteiger partial charge in [0.2, 0.25) is 0 Å². The summed E-state index contributed by atoms with van der Waals surface area (Å²) in [5.74, 6) is 0. The van der Waals surface area contributed by atoms with Crippen molar-refractivity contribution in [3.8, 4) is 10.6 Å². The average Bonchev–Trinajstić information content (AvgIpc) is 2.82. The minimum absolute atomic E-state index is 0.135. The number of rotatable bonds is 1. The highest BCUT2D eigenvalue weighted by Crippen LogP contribution is 2.22. The van der Waals surface area contributed by atoms with Crippen molar-refractivity contribution in [3.05, 3.63) is 44.5 Å². The summed E-state index contributed by atoms with van der Waals surface area (Å²) in [7, 11) is 0. The van der Waals surface area contributed by atoms with Gasteiger partial charge in [0.1, 0.15) is 0 Å². The molecule has 3 heterocycles. The van der Waals surface area contributed by atoms with Crippen LogP contribution in [0.1, 0.15) is 0 Å². The number of nitrogens with one attached hydrogen (secondary N) is 2. The van der Waals surface area contributed by atoms with E-state index >= 15 is 0 Å². The van der Waals surface area contributed by atoms with Gasteiger partial charge in [-0.1, -0.05) is 6.07 Å². The number of hydrogen-bond donors (Lipinski definition) is 2. The molecule has 0 aliphatic carbocycles. The Balaban J connectivity index is 2.34. The topological polar surface area (TPSA) is 91.5 Å². The van der Waals surface area contributed by atoms with Gasteiger partial charge in [0, 0.05) is 0 Å². The summed E-state index contributed by atoms with van der Waals surface area (Å²) in [6.45, 7) is 0. The lowest BCUT2D eigenvalue weighted by Crippen LogP contribution is -2.23. The molecular formula is C10H6N4O2S. The van der Waals surface area contributed by atoms with Gasteiger partial charge in [0.05, 0.1) is 16.8 Å². The predicted octanol–water partition coefficient (Wildman–Crippen LogP) is 0.735. The standard InChI is InChI=1S/C10H6N4O2S/c15-9-7-8(13-10(16)14-9)11-4-5(12-7)6-2-1-3-17-6/h1-4H,(H2,11,13,14,15,16). The van der Waals surface area contributed by atoms with Crippen LogP contribution in [-0.2, 0) is 0 Å². The number of hydrogen-bond acceptors (Lipinski definition) is 5. The molecule has 0 amide bonds. The molecule has 0 atom stereocenters. The first-order valence-electron chi connectivity index (χ1n) is 4.77. The first-order valence-corrected chi connectivity index (χ1v) is 5.65. The van der Waals surface area contributed by atoms with E-state index in [0.717, 1.165) is 4.88 Å². The molecule has 0 saturated heterocycles. The van der Waals surface area contributed by atoms with Gasteiger partial charge >= 0.3 is 5.69 Å². The molecule has 3 aromatic rings. The summed E-state index contributed by atoms with van der Waals surface area (Å²) >= 11 is 1.51. The minimum atomic E-state index is -0.583. The monoisotopic (exact) mass is 246 g/mol. The van der Waals surface area contributed by atoms with Crippen LogP contribution >= 0.6 is 11.3 Å². The average molecular weight is 246 g/mol. The summed E-state index contributed by atoms with van der Waals surface area (Å²) in [5.41, 5.74) is -0.171. The maximum Gasteiger partial charge on any atom is 0.327 e. The van der Waals surface area contributed by atoms with Crippen molar-refractivity contribution in [1.29, 1.82) is 0 Å². The zero-order valence-electron chi connectivity index (χ0n) is 8.43. The van der Waals surface area contributed by atoms with Crippen molar-refractivity contribution in [1.82, 2.24) is 19.9 Å². The SMILES string of the molecule is O=c1[nH]c(=O)c2nc(-c3cccs3)cnc2[nH]1. The van der Waals surface area contributed by atoms with E-state index in [1.54, 1.807) is 0 Å². The summed E-state index contributed by atoms with van der Waals surface area (Å²) < 4.78 is 0. The Labute approximate surface area is 98.0 Å². The van der Waals surface area contributed by atoms with E-state index < -0.39 is 11.2 Å². The molecule has 84 valence electrons. The molecule has 0 aromatic carbocycles. The Morgan fingerprint density at radius 3 is 2.88 bits per heavy atom. The normalized spacial score (nSPS) is 10.8. The number of fused-ring (bicyclic) bond motifs is 1. The highest BCUT2D eigenvalue weighted by molar-refractivity contribution is 7.13. The van der Waals surface area contributed by atoms with Crippen LogP contribution in [0.5, 0.6) is 0 Å². The molecule has 0 fully saturated rings. The van der Waals surface area contributed by atoms with E-state index in [4.69, 9.17) is 0 Å². The van der Waals surface area contributed by atoms with E-state index in [1.165, 1.54) is 17.5 Å². The number of nitrogens with zero attached hydrogens (tertiary/aromatic N) is 2. The van der Waals surface area contributed by atoms with Gasteiger partial charge < -0.3 is 0 Å². The van der Waals surface area contributed by atoms with Crippen molar-refractivity contribution in [2.75, 3.05) is 0 Å². The van der Waals surface area contributed by atoms with Crippen molar-refractivity contribution in [3.63, 3.8) is 0 Å². The smallest absolute Gasteiger partial charge is 0.290 e. The summed E-state index contributed by atoms with van der Waals surface area (Å²) in [4.78, 5) is 36.3. The van der Waals surface area contributed by atoms with E-state index in [0.29, 0.717) is 5.69 Å². The van der Waals surface area contributed by atoms with E-state index in [1.807, 2.05) is 17.5 Å². The lowest BCUT2D eigenvalue weighted by atomic mass is 10.3. The van der Waals surface area contributed by atoms with Crippen LogP contribution in [-0.4, -0.2) is 19.9 Å². The van der Waals surface area contributed by atoms with Gasteiger partial charge in [-0.2, -0.15) is 0 Å². The molecule has 3 rings (SSSR count). The molecule has 0 aliphatic rings. The second-order valence-corrected chi connectivity index (χ2v) is 4.29. The van der Waals surface area contributed by atoms with Gasteiger partial charge in [0.25, 0.3) is 5.56 Å². The molecule has 0 unspecified atom stereocenters. The maximum atomic E-state index is 11.5. The molecule has 2 N–H and O–H groups in total. The molecular weight excluding hydrogens is 240 g/mol. The van der Waals surface area contributed by atoms with Gasteiger partial charge in [-0.3, -0.25) is 14.8 Å². The van der Waals surface area contributed by atoms with Crippen LogP contribution in [0, 0.1) is 0 Å². The second-order valence-electron chi connectivity index (χ2n) is 3.34. The fourth-order valence-electron chi connectivity index (χ4n) is 1.48. The van der Waals surface area contributed by atoms with Gasteiger partial charge in [-0.15, -0.1) is 11.3 Å². The van der Waals surface area contributed by atoms with Crippen LogP contribution < -0.4 is 11.2 Å². The van der Waals surface area contributed by atoms with Crippen LogP contribution in [0.4, 0.5) is 0 Å². The third kappa shape index (κ3) is 1.66. The van der Waals surface area contributed by atoms with Crippen molar-refractivity contribution in [2.24, 2.45) is 0 Å². The fraction of sp³-hybridized carbons (Fsp3) is 0. The molecule has 0 spiro atoms. The van der Waals surface area contributed by atoms with Crippen molar-refractivity contribution < 1.29 is 0 Å². The second kappa shape index (κ2) is 3.63. The number of H-pyrrole nitrogens is 2. The summed E-state index contributed by atoms with van der Waals surface area (Å²) in [6.07, 6.45) is 1.53. The van der Waals surface area contributed by atoms with Crippen LogP contribution in [0.25, 0.3) is 21.7 Å². The lowest BCUT2D eigenvalue weighted by molar-refractivity contribution is 1.04. The van der Waals surface area contributed by atoms with E-state index in [9.17, 15) is 9.59 Å². The first-order chi connectivity index (χ1) is 8.24. The van der Waals surface area contributed by atoms with E-state index in [2.05, 4.69) is 19.9 Å². The Kier molecular flexibility index (Phi) is 2.12. The molecule has 0 aliphatic heterocycles. The first kappa shape index (κ1) is 9.91. The van der Waals surface area contributed by atoms with Crippen LogP contribution in [0.3, 0.4) is 0 Å². The molecule has 3 aromatic heterocycles. The highest BCUT2D eigenvalue weighted by Gasteiger charge is 2.07. The Bertz CT molecular complexity index is 788. The summed E-state index contributed by atoms with van der Waals surface area (Å²) in [6, 6.07) is 3.78. The number of aromatic amines is 2. The Hall–Kier alpha value is -2.28. The zero-order valence-corrected chi connectivity index (χ0v) is 9.25. The molecule has 7 heteroatoms. The van der Waals surface area contributed by atoms with Crippen LogP contribution in [0.2, 0.25) is 0 Å². The fourth-order valence-corrected chi connectivity index (χ4v) is 2.16. The van der Waals surface area contributed by atoms with Gasteiger partial charge in [-0.25, -0.2) is 14.8 Å². The Morgan fingerprint density at radius 1 is 1.24 bits per heavy atom. The number of thiophene rings is 1. The Morgan fingerprint density at radius 2 is 2.12 bits per heavy atom. The largest absolute Gasteiger partial charge is 0.327 e. The maximum absolute atomic E-state index is 11.5. The third-order valence-electron chi connectivity index (χ3n) is 2.22. The summed E-state index contributed by atoms with van der Waals surface area (Å²) in [5, 5.41) is 1.91. The molecule has 0 bridgehead atoms. The molecule has 17 heavy (non-hydrogen) atoms. The zero-order chi connectivity index (χ0) is 11.8. The third-order valence-corrected chi connectivity index (χ3v) is 3.11. The van der Waals surface area contributed by atoms with Crippen LogP contribution in [0.15, 0.2) is 33.3 Å². The van der Waals surface area contributed by atoms with Gasteiger partial charge in [0.15, 0.2) is 11.2 Å². The molecule has 0 saturated carbocycles. The number of aromatic nitrogens is 4. The minimum Gasteiger partial charge on any atom is -0.290 e. The molecule has 0 radical (unpaired) electrons. The van der Waals surface area contributed by atoms with Crippen molar-refractivity contribution in [2.45, 2.75) is 0 Å². The van der Waals surface area contributed by atoms with E-state index in [-0.39, 0.29) is 11.2 Å². The molecule has 6 nitrogen and oxygen atoms in total. The quantitative estimate of drug-likeness (QED) is 0.662. The predicted molar refractivity (Wildman–Crippen MR) is 64.1 cm³/mol. The lowest BCUT2D eigenvalue weighted by Gasteiger charge is -1.98. The van der Waals surface area contributed by atoms with Crippen molar-refractivity contribution >= 4 is 22.5 Å². The highest BCUT2D eigenvalue weighted by atomic mass is 32.1. The van der Waals surface area contributed by atoms with Gasteiger partial charge in [-0.05, 0) is 11.4 Å².